The van der Waals surface area contributed by atoms with Crippen LogP contribution in [0.4, 0.5) is 0 Å². The monoisotopic (exact) mass is 249 g/mol. The molecule has 1 rings (SSSR count). The van der Waals surface area contributed by atoms with Crippen molar-refractivity contribution in [3.63, 3.8) is 0 Å². The van der Waals surface area contributed by atoms with E-state index in [1.807, 2.05) is 12.4 Å². The summed E-state index contributed by atoms with van der Waals surface area (Å²) < 4.78 is 33.2. The number of nitrogens with zero attached hydrogens (tertiary/aromatic N) is 1. The van der Waals surface area contributed by atoms with E-state index in [0.29, 0.717) is 6.42 Å². The van der Waals surface area contributed by atoms with Gasteiger partial charge in [0, 0.05) is 19.1 Å². The molecule has 0 saturated carbocycles. The van der Waals surface area contributed by atoms with Crippen molar-refractivity contribution in [3.8, 4) is 0 Å². The highest BCUT2D eigenvalue weighted by molar-refractivity contribution is 7.85. The molecule has 0 saturated heterocycles. The molecular weight excluding hydrogens is 234 g/mol. The zero-order valence-corrected chi connectivity index (χ0v) is 10.5. The van der Waals surface area contributed by atoms with Gasteiger partial charge in [0.2, 0.25) is 5.51 Å². The second-order valence-corrected chi connectivity index (χ2v) is 6.11. The van der Waals surface area contributed by atoms with Gasteiger partial charge in [-0.25, -0.2) is 8.42 Å². The smallest absolute Gasteiger partial charge is 0.225 e. The maximum absolute atomic E-state index is 10.4. The highest BCUT2D eigenvalue weighted by Gasteiger charge is 2.10. The van der Waals surface area contributed by atoms with Gasteiger partial charge in [-0.05, 0) is 13.3 Å². The van der Waals surface area contributed by atoms with Gasteiger partial charge in [0.1, 0.15) is 6.54 Å². The van der Waals surface area contributed by atoms with Gasteiger partial charge in [-0.3, -0.25) is 0 Å². The van der Waals surface area contributed by atoms with E-state index in [1.165, 1.54) is 10.6 Å². The van der Waals surface area contributed by atoms with E-state index in [-0.39, 0.29) is 5.75 Å². The van der Waals surface area contributed by atoms with Crippen LogP contribution in [0.3, 0.4) is 0 Å². The summed E-state index contributed by atoms with van der Waals surface area (Å²) in [6.07, 6.45) is 1.16. The lowest BCUT2D eigenvalue weighted by atomic mass is 10.3. The number of hydrogen-bond donors (Lipinski definition) is 0. The molecule has 0 radical (unpaired) electrons. The van der Waals surface area contributed by atoms with E-state index in [4.69, 9.17) is 0 Å². The fraction of sp³-hybridized carbons (Fsp3) is 0.667. The van der Waals surface area contributed by atoms with Gasteiger partial charge in [0.05, 0.1) is 15.0 Å². The SMILES string of the molecule is Cc1sc[n+](CCCCS(=O)(=O)[O-])c1C. The second-order valence-electron chi connectivity index (χ2n) is 3.53. The van der Waals surface area contributed by atoms with Crippen LogP contribution in [-0.2, 0) is 16.7 Å². The van der Waals surface area contributed by atoms with Crippen LogP contribution < -0.4 is 4.57 Å². The third-order valence-corrected chi connectivity index (χ3v) is 4.14. The third-order valence-electron chi connectivity index (χ3n) is 2.34. The fourth-order valence-corrected chi connectivity index (χ4v) is 2.69. The Morgan fingerprint density at radius 1 is 1.40 bits per heavy atom. The van der Waals surface area contributed by atoms with E-state index in [1.54, 1.807) is 11.3 Å². The van der Waals surface area contributed by atoms with Crippen LogP contribution in [-0.4, -0.2) is 18.7 Å². The molecule has 86 valence electrons. The molecule has 1 heterocycles. The zero-order valence-electron chi connectivity index (χ0n) is 8.89. The number of aryl methyl sites for hydroxylation is 2. The molecule has 0 aliphatic carbocycles. The Bertz CT molecular complexity index is 423. The van der Waals surface area contributed by atoms with Crippen molar-refractivity contribution in [3.05, 3.63) is 16.1 Å². The molecule has 0 atom stereocenters. The highest BCUT2D eigenvalue weighted by atomic mass is 32.2. The molecule has 1 aromatic heterocycles. The first-order chi connectivity index (χ1) is 6.90. The fourth-order valence-electron chi connectivity index (χ4n) is 1.29. The Kier molecular flexibility index (Phi) is 4.24. The van der Waals surface area contributed by atoms with Crippen LogP contribution in [0.15, 0.2) is 5.51 Å². The summed E-state index contributed by atoms with van der Waals surface area (Å²) in [5.41, 5.74) is 3.24. The summed E-state index contributed by atoms with van der Waals surface area (Å²) in [5, 5.41) is 0. The molecule has 0 aliphatic heterocycles. The standard InChI is InChI=1S/C9H15NO3S2/c1-8-9(2)14-7-10(8)5-3-4-6-15(11,12)13/h7H,3-6H2,1-2H3. The summed E-state index contributed by atoms with van der Waals surface area (Å²) >= 11 is 1.68. The predicted molar refractivity (Wildman–Crippen MR) is 57.8 cm³/mol. The average Bonchev–Trinajstić information content (AvgIpc) is 2.42. The van der Waals surface area contributed by atoms with E-state index >= 15 is 0 Å². The van der Waals surface area contributed by atoms with Gasteiger partial charge >= 0.3 is 0 Å². The number of unbranched alkanes of at least 4 members (excludes halogenated alkanes) is 1. The minimum Gasteiger partial charge on any atom is -0.748 e. The molecule has 15 heavy (non-hydrogen) atoms. The van der Waals surface area contributed by atoms with Crippen LogP contribution in [0.2, 0.25) is 0 Å². The van der Waals surface area contributed by atoms with Crippen LogP contribution in [0.1, 0.15) is 23.4 Å². The molecular formula is C9H15NO3S2. The van der Waals surface area contributed by atoms with Crippen molar-refractivity contribution in [2.24, 2.45) is 0 Å². The molecule has 1 aromatic rings. The van der Waals surface area contributed by atoms with Gasteiger partial charge in [-0.2, -0.15) is 4.57 Å². The first kappa shape index (κ1) is 12.6. The topological polar surface area (TPSA) is 61.1 Å². The Morgan fingerprint density at radius 2 is 2.07 bits per heavy atom. The van der Waals surface area contributed by atoms with Gasteiger partial charge in [-0.1, -0.05) is 11.3 Å². The molecule has 0 N–H and O–H groups in total. The Morgan fingerprint density at radius 3 is 2.53 bits per heavy atom. The second kappa shape index (κ2) is 5.05. The van der Waals surface area contributed by atoms with Crippen LogP contribution >= 0.6 is 11.3 Å². The van der Waals surface area contributed by atoms with Crippen LogP contribution in [0, 0.1) is 13.8 Å². The maximum atomic E-state index is 10.4. The summed E-state index contributed by atoms with van der Waals surface area (Å²) in [7, 11) is -4.04. The predicted octanol–water partition coefficient (Wildman–Crippen LogP) is 0.978. The quantitative estimate of drug-likeness (QED) is 0.444. The minimum atomic E-state index is -4.04. The molecule has 0 bridgehead atoms. The van der Waals surface area contributed by atoms with E-state index in [9.17, 15) is 13.0 Å². The number of hydrogen-bond acceptors (Lipinski definition) is 4. The van der Waals surface area contributed by atoms with Gasteiger partial charge in [0.25, 0.3) is 0 Å². The van der Waals surface area contributed by atoms with Crippen molar-refractivity contribution < 1.29 is 17.5 Å². The lowest BCUT2D eigenvalue weighted by molar-refractivity contribution is -0.698. The van der Waals surface area contributed by atoms with Gasteiger partial charge in [-0.15, -0.1) is 0 Å². The molecule has 0 aromatic carbocycles. The highest BCUT2D eigenvalue weighted by Crippen LogP contribution is 2.08. The number of thiazole rings is 1. The molecule has 0 amide bonds. The maximum Gasteiger partial charge on any atom is 0.225 e. The summed E-state index contributed by atoms with van der Waals surface area (Å²) in [5.74, 6) is -0.254. The largest absolute Gasteiger partial charge is 0.748 e. The Hall–Kier alpha value is -0.460. The van der Waals surface area contributed by atoms with Crippen molar-refractivity contribution in [1.29, 1.82) is 0 Å². The average molecular weight is 249 g/mol. The number of aromatic nitrogens is 1. The van der Waals surface area contributed by atoms with Crippen molar-refractivity contribution in [1.82, 2.24) is 0 Å². The summed E-state index contributed by atoms with van der Waals surface area (Å²) in [6.45, 7) is 4.88. The van der Waals surface area contributed by atoms with Crippen molar-refractivity contribution in [2.45, 2.75) is 33.2 Å². The van der Waals surface area contributed by atoms with Crippen LogP contribution in [0.25, 0.3) is 0 Å². The van der Waals surface area contributed by atoms with E-state index < -0.39 is 10.1 Å². The normalized spacial score (nSPS) is 11.9. The molecule has 0 unspecified atom stereocenters. The van der Waals surface area contributed by atoms with Gasteiger partial charge < -0.3 is 4.55 Å². The lowest BCUT2D eigenvalue weighted by Gasteiger charge is -2.04. The van der Waals surface area contributed by atoms with E-state index in [0.717, 1.165) is 13.0 Å². The van der Waals surface area contributed by atoms with Gasteiger partial charge in [0.15, 0.2) is 5.69 Å². The molecule has 6 heteroatoms. The first-order valence-electron chi connectivity index (χ1n) is 4.78. The molecule has 0 spiro atoms. The Labute approximate surface area is 94.3 Å². The summed E-state index contributed by atoms with van der Waals surface area (Å²) in [4.78, 5) is 1.27. The summed E-state index contributed by atoms with van der Waals surface area (Å²) in [6, 6.07) is 0. The van der Waals surface area contributed by atoms with Crippen molar-refractivity contribution in [2.75, 3.05) is 5.75 Å². The van der Waals surface area contributed by atoms with Crippen molar-refractivity contribution >= 4 is 21.5 Å². The minimum absolute atomic E-state index is 0.254. The molecule has 4 nitrogen and oxygen atoms in total. The first-order valence-corrected chi connectivity index (χ1v) is 7.23. The molecule has 0 aliphatic rings. The Balaban J connectivity index is 2.36. The van der Waals surface area contributed by atoms with E-state index in [2.05, 4.69) is 11.5 Å². The third kappa shape index (κ3) is 4.27. The number of rotatable bonds is 5. The lowest BCUT2D eigenvalue weighted by Crippen LogP contribution is -2.34. The zero-order chi connectivity index (χ0) is 11.5. The van der Waals surface area contributed by atoms with Crippen LogP contribution in [0.5, 0.6) is 0 Å². The molecule has 0 fully saturated rings.